The molecule has 2 aromatic rings. The van der Waals surface area contributed by atoms with Gasteiger partial charge in [-0.1, -0.05) is 12.1 Å². The molecule has 1 N–H and O–H groups in total. The van der Waals surface area contributed by atoms with Gasteiger partial charge in [0.1, 0.15) is 11.9 Å². The molecule has 1 unspecified atom stereocenters. The Kier molecular flexibility index (Phi) is 3.12. The number of hydrogen-bond donors (Lipinski definition) is 1. The number of rotatable bonds is 2. The highest BCUT2D eigenvalue weighted by Crippen LogP contribution is 2.30. The fraction of sp³-hybridized carbons (Fsp3) is 0.167. The first kappa shape index (κ1) is 11.4. The third kappa shape index (κ3) is 2.03. The largest absolute Gasteiger partial charge is 0.465 e. The topological polar surface area (TPSA) is 33.4 Å². The molecule has 0 aliphatic carbocycles. The van der Waals surface area contributed by atoms with Gasteiger partial charge in [0.25, 0.3) is 0 Å². The average Bonchev–Trinajstić information content (AvgIpc) is 2.63. The first-order valence-electron chi connectivity index (χ1n) is 4.76. The van der Waals surface area contributed by atoms with Gasteiger partial charge in [0.15, 0.2) is 5.76 Å². The van der Waals surface area contributed by atoms with Gasteiger partial charge in [-0.2, -0.15) is 0 Å². The van der Waals surface area contributed by atoms with Gasteiger partial charge in [0, 0.05) is 5.56 Å². The van der Waals surface area contributed by atoms with Crippen molar-refractivity contribution in [3.63, 3.8) is 0 Å². The Labute approximate surface area is 101 Å². The highest BCUT2D eigenvalue weighted by molar-refractivity contribution is 9.10. The summed E-state index contributed by atoms with van der Waals surface area (Å²) in [6.07, 6.45) is 0.347. The third-order valence-corrected chi connectivity index (χ3v) is 3.00. The molecule has 0 saturated heterocycles. The Balaban J connectivity index is 2.41. The number of furan rings is 1. The van der Waals surface area contributed by atoms with E-state index >= 15 is 0 Å². The van der Waals surface area contributed by atoms with Crippen LogP contribution < -0.4 is 0 Å². The van der Waals surface area contributed by atoms with E-state index in [0.717, 1.165) is 5.56 Å². The van der Waals surface area contributed by atoms with Crippen molar-refractivity contribution >= 4 is 15.9 Å². The molecule has 1 aromatic carbocycles. The van der Waals surface area contributed by atoms with Gasteiger partial charge >= 0.3 is 0 Å². The smallest absolute Gasteiger partial charge is 0.151 e. The van der Waals surface area contributed by atoms with Crippen LogP contribution in [0.4, 0.5) is 4.39 Å². The second-order valence-corrected chi connectivity index (χ2v) is 4.41. The molecule has 16 heavy (non-hydrogen) atoms. The maximum absolute atomic E-state index is 13.6. The molecular weight excluding hydrogens is 275 g/mol. The third-order valence-electron chi connectivity index (χ3n) is 2.34. The molecule has 1 atom stereocenters. The van der Waals surface area contributed by atoms with Gasteiger partial charge in [-0.15, -0.1) is 0 Å². The Morgan fingerprint density at radius 1 is 1.38 bits per heavy atom. The van der Waals surface area contributed by atoms with E-state index in [1.165, 1.54) is 12.3 Å². The van der Waals surface area contributed by atoms with Crippen LogP contribution in [0.25, 0.3) is 0 Å². The predicted octanol–water partition coefficient (Wildman–Crippen LogP) is 3.57. The molecule has 0 aliphatic rings. The lowest BCUT2D eigenvalue weighted by Gasteiger charge is -2.10. The van der Waals surface area contributed by atoms with E-state index in [1.807, 2.05) is 0 Å². The lowest BCUT2D eigenvalue weighted by atomic mass is 10.0. The summed E-state index contributed by atoms with van der Waals surface area (Å²) < 4.78 is 19.3. The zero-order valence-corrected chi connectivity index (χ0v) is 10.2. The van der Waals surface area contributed by atoms with Crippen LogP contribution in [-0.4, -0.2) is 5.11 Å². The molecule has 84 valence electrons. The van der Waals surface area contributed by atoms with Crippen molar-refractivity contribution < 1.29 is 13.9 Å². The van der Waals surface area contributed by atoms with Crippen LogP contribution in [0.1, 0.15) is 23.0 Å². The monoisotopic (exact) mass is 284 g/mol. The normalized spacial score (nSPS) is 12.8. The highest BCUT2D eigenvalue weighted by atomic mass is 79.9. The molecule has 0 aliphatic heterocycles. The Bertz CT molecular complexity index is 507. The van der Waals surface area contributed by atoms with Crippen molar-refractivity contribution in [2.45, 2.75) is 13.0 Å². The van der Waals surface area contributed by atoms with Crippen LogP contribution in [0, 0.1) is 12.7 Å². The van der Waals surface area contributed by atoms with E-state index in [-0.39, 0.29) is 5.56 Å². The van der Waals surface area contributed by atoms with Crippen molar-refractivity contribution in [3.05, 3.63) is 57.7 Å². The van der Waals surface area contributed by atoms with E-state index in [4.69, 9.17) is 4.42 Å². The summed E-state index contributed by atoms with van der Waals surface area (Å²) in [5, 5.41) is 9.97. The maximum atomic E-state index is 13.6. The Morgan fingerprint density at radius 2 is 2.12 bits per heavy atom. The highest BCUT2D eigenvalue weighted by Gasteiger charge is 2.20. The van der Waals surface area contributed by atoms with Gasteiger partial charge in [0.2, 0.25) is 0 Å². The summed E-state index contributed by atoms with van der Waals surface area (Å²) in [6.45, 7) is 1.79. The lowest BCUT2D eigenvalue weighted by molar-refractivity contribution is 0.183. The molecule has 1 aromatic heterocycles. The molecule has 0 bridgehead atoms. The summed E-state index contributed by atoms with van der Waals surface area (Å²) in [5.74, 6) is -0.126. The summed E-state index contributed by atoms with van der Waals surface area (Å²) in [5.41, 5.74) is 1.02. The Hall–Kier alpha value is -1.13. The standard InChI is InChI=1S/C12H10BrFO2/c1-7-2-3-8(10(14)6-7)11(15)12-9(13)4-5-16-12/h2-6,11,15H,1H3. The Morgan fingerprint density at radius 3 is 2.69 bits per heavy atom. The summed E-state index contributed by atoms with van der Waals surface area (Å²) >= 11 is 3.23. The molecule has 1 heterocycles. The summed E-state index contributed by atoms with van der Waals surface area (Å²) in [4.78, 5) is 0. The van der Waals surface area contributed by atoms with Crippen LogP contribution in [0.15, 0.2) is 39.4 Å². The minimum atomic E-state index is -1.09. The van der Waals surface area contributed by atoms with Gasteiger partial charge in [-0.25, -0.2) is 4.39 Å². The second-order valence-electron chi connectivity index (χ2n) is 3.56. The van der Waals surface area contributed by atoms with Gasteiger partial charge in [0.05, 0.1) is 10.7 Å². The number of aliphatic hydroxyl groups is 1. The molecule has 0 spiro atoms. The molecule has 0 fully saturated rings. The van der Waals surface area contributed by atoms with Crippen LogP contribution in [0.5, 0.6) is 0 Å². The van der Waals surface area contributed by atoms with E-state index in [9.17, 15) is 9.50 Å². The first-order valence-corrected chi connectivity index (χ1v) is 5.56. The zero-order valence-electron chi connectivity index (χ0n) is 8.58. The SMILES string of the molecule is Cc1ccc(C(O)c2occc2Br)c(F)c1. The van der Waals surface area contributed by atoms with Gasteiger partial charge in [-0.3, -0.25) is 0 Å². The fourth-order valence-corrected chi connectivity index (χ4v) is 1.91. The van der Waals surface area contributed by atoms with Crippen molar-refractivity contribution in [2.24, 2.45) is 0 Å². The maximum Gasteiger partial charge on any atom is 0.151 e. The van der Waals surface area contributed by atoms with E-state index in [1.54, 1.807) is 25.1 Å². The molecule has 4 heteroatoms. The lowest BCUT2D eigenvalue weighted by Crippen LogP contribution is -2.02. The molecule has 2 nitrogen and oxygen atoms in total. The van der Waals surface area contributed by atoms with Crippen LogP contribution in [0.2, 0.25) is 0 Å². The molecule has 0 saturated carbocycles. The molecule has 2 rings (SSSR count). The number of hydrogen-bond acceptors (Lipinski definition) is 2. The van der Waals surface area contributed by atoms with E-state index in [2.05, 4.69) is 15.9 Å². The van der Waals surface area contributed by atoms with E-state index in [0.29, 0.717) is 10.2 Å². The van der Waals surface area contributed by atoms with Crippen molar-refractivity contribution in [3.8, 4) is 0 Å². The van der Waals surface area contributed by atoms with Crippen LogP contribution in [-0.2, 0) is 0 Å². The predicted molar refractivity (Wildman–Crippen MR) is 61.6 cm³/mol. The summed E-state index contributed by atoms with van der Waals surface area (Å²) in [7, 11) is 0. The summed E-state index contributed by atoms with van der Waals surface area (Å²) in [6, 6.07) is 6.35. The fourth-order valence-electron chi connectivity index (χ4n) is 1.50. The van der Waals surface area contributed by atoms with Crippen molar-refractivity contribution in [1.82, 2.24) is 0 Å². The average molecular weight is 285 g/mol. The van der Waals surface area contributed by atoms with Gasteiger partial charge in [-0.05, 0) is 40.5 Å². The second kappa shape index (κ2) is 4.39. The minimum absolute atomic E-state index is 0.209. The quantitative estimate of drug-likeness (QED) is 0.915. The van der Waals surface area contributed by atoms with Crippen molar-refractivity contribution in [1.29, 1.82) is 0 Å². The zero-order chi connectivity index (χ0) is 11.7. The number of aliphatic hydroxyl groups excluding tert-OH is 1. The first-order chi connectivity index (χ1) is 7.59. The number of halogens is 2. The van der Waals surface area contributed by atoms with Crippen LogP contribution >= 0.6 is 15.9 Å². The molecule has 0 radical (unpaired) electrons. The van der Waals surface area contributed by atoms with Crippen molar-refractivity contribution in [2.75, 3.05) is 0 Å². The minimum Gasteiger partial charge on any atom is -0.465 e. The molecular formula is C12H10BrFO2. The van der Waals surface area contributed by atoms with Crippen LogP contribution in [0.3, 0.4) is 0 Å². The number of benzene rings is 1. The number of aryl methyl sites for hydroxylation is 1. The molecule has 0 amide bonds. The van der Waals surface area contributed by atoms with E-state index < -0.39 is 11.9 Å². The van der Waals surface area contributed by atoms with Gasteiger partial charge < -0.3 is 9.52 Å².